The van der Waals surface area contributed by atoms with Gasteiger partial charge in [-0.3, -0.25) is 0 Å². The van der Waals surface area contributed by atoms with Crippen LogP contribution in [0.2, 0.25) is 0 Å². The average molecular weight is 304 g/mol. The van der Waals surface area contributed by atoms with E-state index in [1.54, 1.807) is 6.07 Å². The molecular formula is C17H20O5. The third-order valence-corrected chi connectivity index (χ3v) is 3.41. The van der Waals surface area contributed by atoms with E-state index in [-0.39, 0.29) is 12.2 Å². The number of rotatable bonds is 6. The number of methoxy groups -OCH3 is 1. The van der Waals surface area contributed by atoms with Crippen molar-refractivity contribution in [3.05, 3.63) is 39.7 Å². The molecule has 0 amide bonds. The van der Waals surface area contributed by atoms with Gasteiger partial charge in [-0.25, -0.2) is 9.59 Å². The maximum atomic E-state index is 11.7. The summed E-state index contributed by atoms with van der Waals surface area (Å²) in [7, 11) is 1.31. The lowest BCUT2D eigenvalue weighted by Gasteiger charge is -2.12. The summed E-state index contributed by atoms with van der Waals surface area (Å²) in [5.41, 5.74) is 1.89. The number of hydrogen-bond acceptors (Lipinski definition) is 5. The van der Waals surface area contributed by atoms with Gasteiger partial charge in [0.2, 0.25) is 0 Å². The Labute approximate surface area is 128 Å². The van der Waals surface area contributed by atoms with E-state index in [4.69, 9.17) is 9.15 Å². The van der Waals surface area contributed by atoms with Gasteiger partial charge in [-0.15, -0.1) is 0 Å². The lowest BCUT2D eigenvalue weighted by molar-refractivity contribution is -0.142. The van der Waals surface area contributed by atoms with Crippen LogP contribution in [0.1, 0.15) is 30.9 Å². The summed E-state index contributed by atoms with van der Waals surface area (Å²) in [5, 5.41) is 0.752. The molecule has 0 spiro atoms. The van der Waals surface area contributed by atoms with Crippen molar-refractivity contribution in [2.24, 2.45) is 0 Å². The quantitative estimate of drug-likeness (QED) is 0.606. The molecule has 2 rings (SSSR count). The van der Waals surface area contributed by atoms with Crippen LogP contribution in [0.5, 0.6) is 5.75 Å². The molecular weight excluding hydrogens is 284 g/mol. The zero-order valence-corrected chi connectivity index (χ0v) is 13.1. The summed E-state index contributed by atoms with van der Waals surface area (Å²) in [6, 6.07) is 5.14. The highest BCUT2D eigenvalue weighted by Gasteiger charge is 2.13. The summed E-state index contributed by atoms with van der Waals surface area (Å²) in [4.78, 5) is 23.0. The molecule has 1 aromatic carbocycles. The summed E-state index contributed by atoms with van der Waals surface area (Å²) < 4.78 is 15.5. The van der Waals surface area contributed by atoms with E-state index < -0.39 is 5.97 Å². The SMILES string of the molecule is CCCCc1cc(=O)oc2cc(C)cc(OCC(=O)OC)c12. The van der Waals surface area contributed by atoms with Crippen LogP contribution in [0.25, 0.3) is 11.0 Å². The van der Waals surface area contributed by atoms with Crippen molar-refractivity contribution in [3.8, 4) is 5.75 Å². The van der Waals surface area contributed by atoms with Gasteiger partial charge in [-0.1, -0.05) is 13.3 Å². The Kier molecular flexibility index (Phi) is 5.20. The van der Waals surface area contributed by atoms with E-state index in [0.29, 0.717) is 11.3 Å². The highest BCUT2D eigenvalue weighted by Crippen LogP contribution is 2.30. The van der Waals surface area contributed by atoms with Gasteiger partial charge in [-0.05, 0) is 43.0 Å². The molecule has 0 atom stereocenters. The maximum absolute atomic E-state index is 11.7. The Bertz CT molecular complexity index is 730. The number of esters is 1. The molecule has 5 heteroatoms. The Hall–Kier alpha value is -2.30. The Morgan fingerprint density at radius 3 is 2.73 bits per heavy atom. The standard InChI is InChI=1S/C17H20O5/c1-4-5-6-12-9-15(18)22-14-8-11(2)7-13(17(12)14)21-10-16(19)20-3/h7-9H,4-6,10H2,1-3H3. The van der Waals surface area contributed by atoms with Gasteiger partial charge >= 0.3 is 11.6 Å². The second kappa shape index (κ2) is 7.11. The number of carbonyl (C=O) groups excluding carboxylic acids is 1. The molecule has 0 radical (unpaired) electrons. The third-order valence-electron chi connectivity index (χ3n) is 3.41. The first-order valence-electron chi connectivity index (χ1n) is 7.32. The van der Waals surface area contributed by atoms with Crippen LogP contribution in [-0.4, -0.2) is 19.7 Å². The van der Waals surface area contributed by atoms with Crippen molar-refractivity contribution >= 4 is 16.9 Å². The minimum Gasteiger partial charge on any atom is -0.481 e. The normalized spacial score (nSPS) is 10.7. The molecule has 0 aliphatic heterocycles. The average Bonchev–Trinajstić information content (AvgIpc) is 2.48. The molecule has 5 nitrogen and oxygen atoms in total. The molecule has 0 saturated heterocycles. The van der Waals surface area contributed by atoms with Crippen molar-refractivity contribution in [2.45, 2.75) is 33.1 Å². The molecule has 0 saturated carbocycles. The van der Waals surface area contributed by atoms with Crippen molar-refractivity contribution < 1.29 is 18.7 Å². The van der Waals surface area contributed by atoms with E-state index in [1.807, 2.05) is 13.0 Å². The van der Waals surface area contributed by atoms with Gasteiger partial charge in [0.25, 0.3) is 0 Å². The Balaban J connectivity index is 2.52. The van der Waals surface area contributed by atoms with Crippen LogP contribution in [0.15, 0.2) is 27.4 Å². The number of hydrogen-bond donors (Lipinski definition) is 0. The lowest BCUT2D eigenvalue weighted by atomic mass is 10.0. The molecule has 0 bridgehead atoms. The van der Waals surface area contributed by atoms with E-state index in [1.165, 1.54) is 13.2 Å². The first kappa shape index (κ1) is 16.1. The molecule has 2 aromatic rings. The molecule has 1 aromatic heterocycles. The van der Waals surface area contributed by atoms with Gasteiger partial charge in [0, 0.05) is 6.07 Å². The molecule has 118 valence electrons. The van der Waals surface area contributed by atoms with Crippen molar-refractivity contribution in [1.82, 2.24) is 0 Å². The minimum atomic E-state index is -0.456. The van der Waals surface area contributed by atoms with Crippen LogP contribution < -0.4 is 10.4 Å². The Morgan fingerprint density at radius 1 is 1.27 bits per heavy atom. The molecule has 1 heterocycles. The van der Waals surface area contributed by atoms with Gasteiger partial charge in [0.1, 0.15) is 11.3 Å². The predicted molar refractivity (Wildman–Crippen MR) is 83.3 cm³/mol. The molecule has 0 unspecified atom stereocenters. The van der Waals surface area contributed by atoms with Crippen LogP contribution in [0.4, 0.5) is 0 Å². The smallest absolute Gasteiger partial charge is 0.343 e. The van der Waals surface area contributed by atoms with Crippen molar-refractivity contribution in [2.75, 3.05) is 13.7 Å². The molecule has 0 fully saturated rings. The topological polar surface area (TPSA) is 65.7 Å². The van der Waals surface area contributed by atoms with E-state index in [2.05, 4.69) is 11.7 Å². The highest BCUT2D eigenvalue weighted by atomic mass is 16.6. The van der Waals surface area contributed by atoms with Crippen molar-refractivity contribution in [3.63, 3.8) is 0 Å². The number of unbranched alkanes of at least 4 members (excludes halogenated alkanes) is 1. The van der Waals surface area contributed by atoms with Crippen molar-refractivity contribution in [1.29, 1.82) is 0 Å². The summed E-state index contributed by atoms with van der Waals surface area (Å²) in [6.45, 7) is 3.79. The van der Waals surface area contributed by atoms with E-state index >= 15 is 0 Å². The molecule has 0 aliphatic carbocycles. The van der Waals surface area contributed by atoms with Gasteiger partial charge < -0.3 is 13.9 Å². The van der Waals surface area contributed by atoms with Crippen LogP contribution in [0.3, 0.4) is 0 Å². The monoisotopic (exact) mass is 304 g/mol. The third kappa shape index (κ3) is 3.67. The molecule has 0 aliphatic rings. The fourth-order valence-corrected chi connectivity index (χ4v) is 2.34. The van der Waals surface area contributed by atoms with Gasteiger partial charge in [0.05, 0.1) is 12.5 Å². The summed E-state index contributed by atoms with van der Waals surface area (Å²) in [6.07, 6.45) is 2.74. The largest absolute Gasteiger partial charge is 0.481 e. The zero-order valence-electron chi connectivity index (χ0n) is 13.1. The second-order valence-corrected chi connectivity index (χ2v) is 5.20. The highest BCUT2D eigenvalue weighted by molar-refractivity contribution is 5.88. The first-order valence-corrected chi connectivity index (χ1v) is 7.32. The van der Waals surface area contributed by atoms with E-state index in [9.17, 15) is 9.59 Å². The fraction of sp³-hybridized carbons (Fsp3) is 0.412. The number of fused-ring (bicyclic) bond motifs is 1. The molecule has 22 heavy (non-hydrogen) atoms. The first-order chi connectivity index (χ1) is 10.5. The summed E-state index contributed by atoms with van der Waals surface area (Å²) >= 11 is 0. The minimum absolute atomic E-state index is 0.179. The predicted octanol–water partition coefficient (Wildman–Crippen LogP) is 3.00. The fourth-order valence-electron chi connectivity index (χ4n) is 2.34. The number of benzene rings is 1. The van der Waals surface area contributed by atoms with Crippen LogP contribution >= 0.6 is 0 Å². The van der Waals surface area contributed by atoms with Crippen LogP contribution in [0, 0.1) is 6.92 Å². The second-order valence-electron chi connectivity index (χ2n) is 5.20. The van der Waals surface area contributed by atoms with Gasteiger partial charge in [-0.2, -0.15) is 0 Å². The van der Waals surface area contributed by atoms with Gasteiger partial charge in [0.15, 0.2) is 6.61 Å². The molecule has 0 N–H and O–H groups in total. The van der Waals surface area contributed by atoms with Crippen LogP contribution in [-0.2, 0) is 16.0 Å². The van der Waals surface area contributed by atoms with E-state index in [0.717, 1.165) is 35.8 Å². The zero-order chi connectivity index (χ0) is 16.1. The summed E-state index contributed by atoms with van der Waals surface area (Å²) in [5.74, 6) is 0.0809. The number of aryl methyl sites for hydroxylation is 2. The Morgan fingerprint density at radius 2 is 2.05 bits per heavy atom. The lowest BCUT2D eigenvalue weighted by Crippen LogP contribution is -2.13. The number of carbonyl (C=O) groups is 1. The number of ether oxygens (including phenoxy) is 2. The maximum Gasteiger partial charge on any atom is 0.343 e.